The van der Waals surface area contributed by atoms with E-state index in [9.17, 15) is 4.79 Å². The second kappa shape index (κ2) is 14.8. The maximum absolute atomic E-state index is 11.9. The van der Waals surface area contributed by atoms with Crippen LogP contribution in [-0.4, -0.2) is 30.1 Å². The van der Waals surface area contributed by atoms with Gasteiger partial charge in [-0.05, 0) is 42.8 Å². The van der Waals surface area contributed by atoms with E-state index in [0.29, 0.717) is 24.8 Å². The Morgan fingerprint density at radius 1 is 0.967 bits per heavy atom. The number of rotatable bonds is 15. The summed E-state index contributed by atoms with van der Waals surface area (Å²) in [6.45, 7) is 5.58. The number of nitrogens with one attached hydrogen (secondary N) is 2. The van der Waals surface area contributed by atoms with Crippen molar-refractivity contribution in [1.29, 1.82) is 0 Å². The van der Waals surface area contributed by atoms with Crippen molar-refractivity contribution in [3.8, 4) is 0 Å². The number of para-hydroxylation sites is 1. The molecule has 5 heteroatoms. The summed E-state index contributed by atoms with van der Waals surface area (Å²) >= 11 is 1.90. The molecule has 2 N–H and O–H groups in total. The molecule has 2 aromatic rings. The van der Waals surface area contributed by atoms with E-state index >= 15 is 0 Å². The third-order valence-corrected chi connectivity index (χ3v) is 6.03. The van der Waals surface area contributed by atoms with Gasteiger partial charge in [-0.2, -0.15) is 11.8 Å². The molecule has 0 aliphatic rings. The minimum atomic E-state index is -0.138. The van der Waals surface area contributed by atoms with Crippen LogP contribution < -0.4 is 10.6 Å². The normalized spacial score (nSPS) is 11.7. The topological polar surface area (TPSA) is 50.4 Å². The highest BCUT2D eigenvalue weighted by Crippen LogP contribution is 2.19. The lowest BCUT2D eigenvalue weighted by Gasteiger charge is -2.11. The van der Waals surface area contributed by atoms with Crippen LogP contribution in [0.3, 0.4) is 0 Å². The van der Waals surface area contributed by atoms with Gasteiger partial charge in [0.15, 0.2) is 0 Å². The Bertz CT molecular complexity index is 707. The number of esters is 1. The van der Waals surface area contributed by atoms with E-state index in [1.54, 1.807) is 0 Å². The van der Waals surface area contributed by atoms with Crippen LogP contribution in [0.1, 0.15) is 52.4 Å². The van der Waals surface area contributed by atoms with Crippen LogP contribution in [0.25, 0.3) is 0 Å². The number of unbranched alkanes of at least 4 members (excludes halogenated alkanes) is 3. The molecule has 0 aliphatic heterocycles. The Hall–Kier alpha value is -2.14. The summed E-state index contributed by atoms with van der Waals surface area (Å²) in [4.78, 5) is 11.9. The molecule has 0 aromatic heterocycles. The first-order chi connectivity index (χ1) is 14.7. The lowest BCUT2D eigenvalue weighted by Crippen LogP contribution is -2.13. The first-order valence-electron chi connectivity index (χ1n) is 11.1. The second-order valence-corrected chi connectivity index (χ2v) is 9.04. The lowest BCUT2D eigenvalue weighted by atomic mass is 10.1. The molecule has 2 aromatic carbocycles. The Labute approximate surface area is 186 Å². The van der Waals surface area contributed by atoms with Crippen molar-refractivity contribution in [2.24, 2.45) is 0 Å². The third-order valence-electron chi connectivity index (χ3n) is 4.82. The molecule has 0 heterocycles. The molecule has 4 nitrogen and oxygen atoms in total. The van der Waals surface area contributed by atoms with Gasteiger partial charge in [0.05, 0.1) is 6.42 Å². The standard InChI is InChI=1S/C25H36N2O2S/c1-3-4-5-7-10-21(2)30-20-19-29-25(28)17-18-26-22-13-15-24(16-14-22)27-23-11-8-6-9-12-23/h6,8-9,11-16,21,26-27H,3-5,7,10,17-20H2,1-2H3. The molecule has 0 radical (unpaired) electrons. The van der Waals surface area contributed by atoms with Crippen molar-refractivity contribution in [2.45, 2.75) is 57.6 Å². The molecule has 2 rings (SSSR count). The fraction of sp³-hybridized carbons (Fsp3) is 0.480. The first kappa shape index (κ1) is 24.1. The fourth-order valence-corrected chi connectivity index (χ4v) is 4.00. The summed E-state index contributed by atoms with van der Waals surface area (Å²) in [5.41, 5.74) is 3.09. The minimum absolute atomic E-state index is 0.138. The second-order valence-electron chi connectivity index (χ2n) is 7.50. The Balaban J connectivity index is 1.53. The maximum atomic E-state index is 11.9. The number of anilines is 3. The number of carbonyl (C=O) groups is 1. The van der Waals surface area contributed by atoms with Crippen molar-refractivity contribution in [3.63, 3.8) is 0 Å². The molecule has 1 atom stereocenters. The van der Waals surface area contributed by atoms with Gasteiger partial charge in [0.1, 0.15) is 6.61 Å². The van der Waals surface area contributed by atoms with Crippen LogP contribution in [-0.2, 0) is 9.53 Å². The summed E-state index contributed by atoms with van der Waals surface area (Å²) < 4.78 is 5.35. The summed E-state index contributed by atoms with van der Waals surface area (Å²) in [5.74, 6) is 0.741. The van der Waals surface area contributed by atoms with E-state index in [-0.39, 0.29) is 5.97 Å². The fourth-order valence-electron chi connectivity index (χ4n) is 3.09. The Morgan fingerprint density at radius 2 is 1.67 bits per heavy atom. The van der Waals surface area contributed by atoms with Crippen LogP contribution in [0.2, 0.25) is 0 Å². The van der Waals surface area contributed by atoms with Gasteiger partial charge in [0.25, 0.3) is 0 Å². The monoisotopic (exact) mass is 428 g/mol. The quantitative estimate of drug-likeness (QED) is 0.239. The predicted octanol–water partition coefficient (Wildman–Crippen LogP) is 6.87. The van der Waals surface area contributed by atoms with Crippen molar-refractivity contribution in [1.82, 2.24) is 0 Å². The van der Waals surface area contributed by atoms with Crippen molar-refractivity contribution < 1.29 is 9.53 Å². The van der Waals surface area contributed by atoms with E-state index in [0.717, 1.165) is 22.8 Å². The molecule has 164 valence electrons. The van der Waals surface area contributed by atoms with Crippen molar-refractivity contribution in [2.75, 3.05) is 29.5 Å². The van der Waals surface area contributed by atoms with Crippen molar-refractivity contribution >= 4 is 34.8 Å². The Kier molecular flexibility index (Phi) is 11.9. The average Bonchev–Trinajstić information content (AvgIpc) is 2.76. The third kappa shape index (κ3) is 10.6. The summed E-state index contributed by atoms with van der Waals surface area (Å²) in [6, 6.07) is 18.1. The SMILES string of the molecule is CCCCCCC(C)SCCOC(=O)CCNc1ccc(Nc2ccccc2)cc1. The van der Waals surface area contributed by atoms with E-state index in [1.165, 1.54) is 32.1 Å². The minimum Gasteiger partial charge on any atom is -0.465 e. The van der Waals surface area contributed by atoms with E-state index in [1.807, 2.05) is 66.4 Å². The van der Waals surface area contributed by atoms with Gasteiger partial charge in [0, 0.05) is 34.6 Å². The molecule has 0 amide bonds. The summed E-state index contributed by atoms with van der Waals surface area (Å²) in [6.07, 6.45) is 6.87. The van der Waals surface area contributed by atoms with Gasteiger partial charge in [-0.15, -0.1) is 0 Å². The molecular formula is C25H36N2O2S. The van der Waals surface area contributed by atoms with Gasteiger partial charge >= 0.3 is 5.97 Å². The average molecular weight is 429 g/mol. The van der Waals surface area contributed by atoms with Gasteiger partial charge < -0.3 is 15.4 Å². The highest BCUT2D eigenvalue weighted by Gasteiger charge is 2.05. The Morgan fingerprint density at radius 3 is 2.40 bits per heavy atom. The van der Waals surface area contributed by atoms with Gasteiger partial charge in [-0.1, -0.05) is 57.7 Å². The zero-order chi connectivity index (χ0) is 21.4. The summed E-state index contributed by atoms with van der Waals surface area (Å²) in [7, 11) is 0. The van der Waals surface area contributed by atoms with Gasteiger partial charge in [-0.25, -0.2) is 0 Å². The molecule has 0 aliphatic carbocycles. The van der Waals surface area contributed by atoms with E-state index in [2.05, 4.69) is 24.5 Å². The van der Waals surface area contributed by atoms with Gasteiger partial charge in [-0.3, -0.25) is 4.79 Å². The number of hydrogen-bond acceptors (Lipinski definition) is 5. The van der Waals surface area contributed by atoms with Crippen LogP contribution >= 0.6 is 11.8 Å². The molecule has 1 unspecified atom stereocenters. The number of thioether (sulfide) groups is 1. The molecule has 0 fully saturated rings. The highest BCUT2D eigenvalue weighted by atomic mass is 32.2. The van der Waals surface area contributed by atoms with Crippen molar-refractivity contribution in [3.05, 3.63) is 54.6 Å². The van der Waals surface area contributed by atoms with Crippen LogP contribution in [0, 0.1) is 0 Å². The van der Waals surface area contributed by atoms with E-state index < -0.39 is 0 Å². The maximum Gasteiger partial charge on any atom is 0.307 e. The highest BCUT2D eigenvalue weighted by molar-refractivity contribution is 7.99. The number of ether oxygens (including phenoxy) is 1. The first-order valence-corrected chi connectivity index (χ1v) is 12.2. The van der Waals surface area contributed by atoms with Crippen LogP contribution in [0.15, 0.2) is 54.6 Å². The molecule has 0 spiro atoms. The van der Waals surface area contributed by atoms with Crippen LogP contribution in [0.5, 0.6) is 0 Å². The molecule has 0 saturated carbocycles. The molecule has 0 bridgehead atoms. The number of carbonyl (C=O) groups excluding carboxylic acids is 1. The molecule has 30 heavy (non-hydrogen) atoms. The van der Waals surface area contributed by atoms with E-state index in [4.69, 9.17) is 4.74 Å². The molecule has 0 saturated heterocycles. The smallest absolute Gasteiger partial charge is 0.307 e. The van der Waals surface area contributed by atoms with Crippen LogP contribution in [0.4, 0.5) is 17.1 Å². The predicted molar refractivity (Wildman–Crippen MR) is 131 cm³/mol. The van der Waals surface area contributed by atoms with Gasteiger partial charge in [0.2, 0.25) is 0 Å². The molecular weight excluding hydrogens is 392 g/mol. The number of hydrogen-bond donors (Lipinski definition) is 2. The number of benzene rings is 2. The zero-order valence-electron chi connectivity index (χ0n) is 18.4. The largest absolute Gasteiger partial charge is 0.465 e. The summed E-state index contributed by atoms with van der Waals surface area (Å²) in [5, 5.41) is 7.27. The lowest BCUT2D eigenvalue weighted by molar-refractivity contribution is -0.142. The zero-order valence-corrected chi connectivity index (χ0v) is 19.2.